The first kappa shape index (κ1) is 32.0. The van der Waals surface area contributed by atoms with Crippen molar-refractivity contribution in [2.24, 2.45) is 5.73 Å². The Morgan fingerprint density at radius 2 is 1.86 bits per heavy atom. The van der Waals surface area contributed by atoms with Crippen LogP contribution in [0.2, 0.25) is 0 Å². The maximum absolute atomic E-state index is 13.6. The van der Waals surface area contributed by atoms with Gasteiger partial charge in [0.15, 0.2) is 11.4 Å². The molecule has 2 aromatic carbocycles. The number of hydrogen-bond acceptors (Lipinski definition) is 10. The highest BCUT2D eigenvalue weighted by molar-refractivity contribution is 6.03. The van der Waals surface area contributed by atoms with E-state index in [0.717, 1.165) is 16.7 Å². The van der Waals surface area contributed by atoms with E-state index in [0.29, 0.717) is 46.8 Å². The van der Waals surface area contributed by atoms with Crippen molar-refractivity contribution >= 4 is 40.3 Å². The van der Waals surface area contributed by atoms with Crippen LogP contribution in [0.4, 0.5) is 5.69 Å². The molecule has 0 radical (unpaired) electrons. The van der Waals surface area contributed by atoms with Crippen LogP contribution in [0.3, 0.4) is 0 Å². The van der Waals surface area contributed by atoms with Crippen molar-refractivity contribution in [3.8, 4) is 17.1 Å². The number of esters is 1. The van der Waals surface area contributed by atoms with E-state index in [1.807, 2.05) is 30.3 Å². The van der Waals surface area contributed by atoms with Gasteiger partial charge in [0.25, 0.3) is 5.56 Å². The monoisotopic (exact) mass is 666 g/mol. The predicted molar refractivity (Wildman–Crippen MR) is 176 cm³/mol. The number of hydrogen-bond donors (Lipinski definition) is 5. The largest absolute Gasteiger partial charge is 0.490 e. The molecule has 3 amide bonds. The molecule has 14 heteroatoms. The Labute approximate surface area is 279 Å². The molecule has 3 aliphatic rings. The van der Waals surface area contributed by atoms with Crippen LogP contribution in [0.1, 0.15) is 41.2 Å². The first-order valence-electron chi connectivity index (χ1n) is 16.0. The van der Waals surface area contributed by atoms with E-state index in [2.05, 4.69) is 16.0 Å². The van der Waals surface area contributed by atoms with Crippen LogP contribution in [0.25, 0.3) is 22.3 Å². The van der Waals surface area contributed by atoms with Gasteiger partial charge < -0.3 is 40.8 Å². The highest BCUT2D eigenvalue weighted by Crippen LogP contribution is 2.45. The van der Waals surface area contributed by atoms with E-state index in [4.69, 9.17) is 20.2 Å². The Morgan fingerprint density at radius 1 is 1.06 bits per heavy atom. The molecule has 3 aliphatic heterocycles. The maximum atomic E-state index is 13.6. The quantitative estimate of drug-likeness (QED) is 0.140. The molecular formula is C35H34N6O8. The van der Waals surface area contributed by atoms with Gasteiger partial charge in [0.1, 0.15) is 12.6 Å². The summed E-state index contributed by atoms with van der Waals surface area (Å²) < 4.78 is 12.8. The number of aliphatic hydroxyl groups is 1. The Balaban J connectivity index is 1.15. The van der Waals surface area contributed by atoms with Gasteiger partial charge in [-0.1, -0.05) is 37.3 Å². The zero-order valence-corrected chi connectivity index (χ0v) is 26.6. The van der Waals surface area contributed by atoms with Gasteiger partial charge in [-0.15, -0.1) is 0 Å². The number of ether oxygens (including phenoxy) is 2. The fourth-order valence-corrected chi connectivity index (χ4v) is 6.81. The second kappa shape index (κ2) is 12.5. The van der Waals surface area contributed by atoms with Gasteiger partial charge in [-0.3, -0.25) is 19.2 Å². The SMILES string of the molecule is CC[C@@]1(O)C(=O)OCc2c1cc1n(c2=O)Cc2c-1nc1ccc(NC(=O)CNC(=O)[C@H](Cc3ccccc3)NC(=O)CN)c3c1c2CCO3. The van der Waals surface area contributed by atoms with Gasteiger partial charge in [0.2, 0.25) is 17.7 Å². The van der Waals surface area contributed by atoms with Crippen LogP contribution in [-0.4, -0.2) is 64.1 Å². The fraction of sp³-hybridized carbons (Fsp3) is 0.314. The first-order chi connectivity index (χ1) is 23.6. The van der Waals surface area contributed by atoms with E-state index >= 15 is 0 Å². The summed E-state index contributed by atoms with van der Waals surface area (Å²) in [5.74, 6) is -1.91. The van der Waals surface area contributed by atoms with Crippen molar-refractivity contribution in [2.45, 2.75) is 51.0 Å². The zero-order valence-electron chi connectivity index (χ0n) is 26.6. The number of nitrogens with two attached hydrogens (primary N) is 1. The molecule has 0 saturated heterocycles. The molecule has 0 bridgehead atoms. The third kappa shape index (κ3) is 5.48. The second-order valence-corrected chi connectivity index (χ2v) is 12.2. The standard InChI is InChI=1S/C35H34N6O8/c1-2-35(47)22-13-26-30-20(16-41(26)33(45)21(22)17-49-34(35)46)19-10-11-48-31-24(9-8-23(40-30)29(19)31)38-28(43)15-37-32(44)25(39-27(42)14-36)12-18-6-4-3-5-7-18/h3-9,13,25,47H,2,10-12,14-17,36H2,1H3,(H,37,44)(H,38,43)(H,39,42)/t25-,35-/m0/s1. The number of rotatable bonds is 9. The van der Waals surface area contributed by atoms with Crippen molar-refractivity contribution in [1.82, 2.24) is 20.2 Å². The van der Waals surface area contributed by atoms with Gasteiger partial charge in [-0.05, 0) is 35.7 Å². The van der Waals surface area contributed by atoms with Crippen LogP contribution in [0, 0.1) is 0 Å². The first-order valence-corrected chi connectivity index (χ1v) is 16.0. The molecule has 0 saturated carbocycles. The normalized spacial score (nSPS) is 17.6. The molecule has 49 heavy (non-hydrogen) atoms. The van der Waals surface area contributed by atoms with Crippen molar-refractivity contribution < 1.29 is 33.8 Å². The summed E-state index contributed by atoms with van der Waals surface area (Å²) in [5.41, 5.74) is 8.28. The maximum Gasteiger partial charge on any atom is 0.343 e. The Kier molecular flexibility index (Phi) is 8.12. The summed E-state index contributed by atoms with van der Waals surface area (Å²) in [6.07, 6.45) is 0.790. The number of carbonyl (C=O) groups excluding carboxylic acids is 4. The number of nitrogens with one attached hydrogen (secondary N) is 3. The minimum Gasteiger partial charge on any atom is -0.490 e. The molecule has 0 aliphatic carbocycles. The van der Waals surface area contributed by atoms with E-state index in [1.54, 1.807) is 29.7 Å². The summed E-state index contributed by atoms with van der Waals surface area (Å²) in [5, 5.41) is 19.9. The lowest BCUT2D eigenvalue weighted by Crippen LogP contribution is -2.50. The highest BCUT2D eigenvalue weighted by atomic mass is 16.6. The molecule has 4 aromatic rings. The van der Waals surface area contributed by atoms with Crippen molar-refractivity contribution in [3.63, 3.8) is 0 Å². The van der Waals surface area contributed by atoms with Crippen LogP contribution in [0.15, 0.2) is 53.3 Å². The van der Waals surface area contributed by atoms with E-state index in [1.165, 1.54) is 0 Å². The molecule has 0 spiro atoms. The summed E-state index contributed by atoms with van der Waals surface area (Å²) in [7, 11) is 0. The molecule has 0 unspecified atom stereocenters. The molecule has 7 rings (SSSR count). The fourth-order valence-electron chi connectivity index (χ4n) is 6.81. The lowest BCUT2D eigenvalue weighted by Gasteiger charge is -2.31. The average molecular weight is 667 g/mol. The second-order valence-electron chi connectivity index (χ2n) is 12.2. The van der Waals surface area contributed by atoms with E-state index < -0.39 is 35.3 Å². The summed E-state index contributed by atoms with van der Waals surface area (Å²) >= 11 is 0. The van der Waals surface area contributed by atoms with E-state index in [-0.39, 0.29) is 55.8 Å². The average Bonchev–Trinajstić information content (AvgIpc) is 3.49. The number of aromatic nitrogens is 2. The lowest BCUT2D eigenvalue weighted by molar-refractivity contribution is -0.172. The Morgan fingerprint density at radius 3 is 2.61 bits per heavy atom. The van der Waals surface area contributed by atoms with Crippen molar-refractivity contribution in [3.05, 3.63) is 86.7 Å². The zero-order chi connectivity index (χ0) is 34.4. The number of amides is 3. The number of cyclic esters (lactones) is 1. The summed E-state index contributed by atoms with van der Waals surface area (Å²) in [6, 6.07) is 13.3. The number of benzene rings is 2. The molecule has 2 aromatic heterocycles. The van der Waals surface area contributed by atoms with Gasteiger partial charge in [0.05, 0.1) is 54.4 Å². The number of carbonyl (C=O) groups is 4. The lowest BCUT2D eigenvalue weighted by atomic mass is 9.86. The number of fused-ring (bicyclic) bond motifs is 5. The minimum atomic E-state index is -1.93. The smallest absolute Gasteiger partial charge is 0.343 e. The Hall–Kier alpha value is -5.60. The van der Waals surface area contributed by atoms with Crippen LogP contribution in [-0.2, 0) is 55.5 Å². The highest BCUT2D eigenvalue weighted by Gasteiger charge is 2.45. The third-order valence-electron chi connectivity index (χ3n) is 9.34. The molecule has 6 N–H and O–H groups in total. The topological polar surface area (TPSA) is 204 Å². The van der Waals surface area contributed by atoms with Gasteiger partial charge in [-0.2, -0.15) is 0 Å². The molecule has 5 heterocycles. The third-order valence-corrected chi connectivity index (χ3v) is 9.34. The van der Waals surface area contributed by atoms with Crippen LogP contribution >= 0.6 is 0 Å². The van der Waals surface area contributed by atoms with Crippen LogP contribution in [0.5, 0.6) is 5.75 Å². The van der Waals surface area contributed by atoms with Gasteiger partial charge in [-0.25, -0.2) is 9.78 Å². The van der Waals surface area contributed by atoms with Crippen molar-refractivity contribution in [1.29, 1.82) is 0 Å². The number of pyridine rings is 2. The minimum absolute atomic E-state index is 0.0446. The molecule has 2 atom stereocenters. The predicted octanol–water partition coefficient (Wildman–Crippen LogP) is 0.755. The van der Waals surface area contributed by atoms with Gasteiger partial charge >= 0.3 is 5.97 Å². The molecule has 14 nitrogen and oxygen atoms in total. The van der Waals surface area contributed by atoms with Crippen molar-refractivity contribution in [2.75, 3.05) is 25.0 Å². The summed E-state index contributed by atoms with van der Waals surface area (Å²) in [6.45, 7) is 1.33. The molecule has 252 valence electrons. The number of nitrogens with zero attached hydrogens (tertiary/aromatic N) is 2. The molecular weight excluding hydrogens is 632 g/mol. The number of anilines is 1. The Bertz CT molecular complexity index is 2110. The van der Waals surface area contributed by atoms with Crippen LogP contribution < -0.4 is 32.0 Å². The van der Waals surface area contributed by atoms with E-state index in [9.17, 15) is 29.1 Å². The summed E-state index contributed by atoms with van der Waals surface area (Å²) in [4.78, 5) is 69.2. The van der Waals surface area contributed by atoms with Gasteiger partial charge in [0, 0.05) is 29.4 Å². The molecule has 0 fully saturated rings.